The largest absolute Gasteiger partial charge is 0.0683 e. The molecule has 0 nitrogen and oxygen atoms in total. The van der Waals surface area contributed by atoms with E-state index in [0.717, 1.165) is 5.41 Å². The van der Waals surface area contributed by atoms with Crippen LogP contribution in [0.4, 0.5) is 0 Å². The van der Waals surface area contributed by atoms with Gasteiger partial charge in [-0.25, -0.2) is 0 Å². The summed E-state index contributed by atoms with van der Waals surface area (Å²) in [6.45, 7) is 13.6. The van der Waals surface area contributed by atoms with Crippen molar-refractivity contribution >= 4 is 0 Å². The van der Waals surface area contributed by atoms with Crippen LogP contribution in [0.15, 0.2) is 0 Å². The maximum Gasteiger partial charge on any atom is -0.0300 e. The lowest BCUT2D eigenvalue weighted by molar-refractivity contribution is 0.0875. The van der Waals surface area contributed by atoms with Crippen LogP contribution in [0, 0.1) is 10.8 Å². The standard InChI is InChI=1S/C13H26.C2H6/c1-5-7-13(6-2)10-8-12(3,4)9-11-13;1-2/h5-11H2,1-4H3;1-2H3. The lowest BCUT2D eigenvalue weighted by Gasteiger charge is -2.43. The summed E-state index contributed by atoms with van der Waals surface area (Å²) in [5.74, 6) is 0. The van der Waals surface area contributed by atoms with Gasteiger partial charge < -0.3 is 0 Å². The molecule has 0 heteroatoms. The first kappa shape index (κ1) is 15.0. The Bertz CT molecular complexity index is 145. The molecule has 0 saturated heterocycles. The third-order valence-corrected chi connectivity index (χ3v) is 4.19. The first-order chi connectivity index (χ1) is 7.04. The number of hydrogen-bond donors (Lipinski definition) is 0. The van der Waals surface area contributed by atoms with Gasteiger partial charge in [0.1, 0.15) is 0 Å². The molecule has 0 unspecified atom stereocenters. The molecule has 1 saturated carbocycles. The van der Waals surface area contributed by atoms with Gasteiger partial charge in [0.2, 0.25) is 0 Å². The summed E-state index contributed by atoms with van der Waals surface area (Å²) in [6, 6.07) is 0. The third kappa shape index (κ3) is 4.57. The van der Waals surface area contributed by atoms with Gasteiger partial charge in [-0.2, -0.15) is 0 Å². The molecule has 1 aliphatic carbocycles. The monoisotopic (exact) mass is 212 g/mol. The van der Waals surface area contributed by atoms with E-state index in [0.29, 0.717) is 5.41 Å². The van der Waals surface area contributed by atoms with Crippen LogP contribution in [0.2, 0.25) is 0 Å². The zero-order valence-corrected chi connectivity index (χ0v) is 11.9. The van der Waals surface area contributed by atoms with Gasteiger partial charge in [0, 0.05) is 0 Å². The summed E-state index contributed by atoms with van der Waals surface area (Å²) < 4.78 is 0. The summed E-state index contributed by atoms with van der Waals surface area (Å²) in [4.78, 5) is 0. The van der Waals surface area contributed by atoms with Gasteiger partial charge in [-0.05, 0) is 42.9 Å². The molecule has 1 rings (SSSR count). The Balaban J connectivity index is 0.000000921. The van der Waals surface area contributed by atoms with Crippen LogP contribution in [0.3, 0.4) is 0 Å². The molecular weight excluding hydrogens is 180 g/mol. The molecular formula is C15H32. The van der Waals surface area contributed by atoms with Crippen LogP contribution in [0.5, 0.6) is 0 Å². The minimum Gasteiger partial charge on any atom is -0.0683 e. The Labute approximate surface area is 97.8 Å². The number of rotatable bonds is 3. The molecule has 1 aliphatic rings. The van der Waals surface area contributed by atoms with Gasteiger partial charge in [0.05, 0.1) is 0 Å². The third-order valence-electron chi connectivity index (χ3n) is 4.19. The van der Waals surface area contributed by atoms with Crippen LogP contribution in [0.1, 0.15) is 86.5 Å². The second kappa shape index (κ2) is 6.55. The van der Waals surface area contributed by atoms with Crippen molar-refractivity contribution in [1.82, 2.24) is 0 Å². The first-order valence-corrected chi connectivity index (χ1v) is 7.04. The molecule has 0 bridgehead atoms. The Kier molecular flexibility index (Phi) is 6.55. The van der Waals surface area contributed by atoms with Crippen molar-refractivity contribution in [2.75, 3.05) is 0 Å². The highest BCUT2D eigenvalue weighted by Gasteiger charge is 2.35. The topological polar surface area (TPSA) is 0 Å². The van der Waals surface area contributed by atoms with Crippen molar-refractivity contribution in [1.29, 1.82) is 0 Å². The van der Waals surface area contributed by atoms with E-state index in [9.17, 15) is 0 Å². The van der Waals surface area contributed by atoms with Crippen molar-refractivity contribution in [3.63, 3.8) is 0 Å². The van der Waals surface area contributed by atoms with Gasteiger partial charge in [0.15, 0.2) is 0 Å². The highest BCUT2D eigenvalue weighted by Crippen LogP contribution is 2.49. The van der Waals surface area contributed by atoms with Crippen LogP contribution in [-0.4, -0.2) is 0 Å². The summed E-state index contributed by atoms with van der Waals surface area (Å²) in [7, 11) is 0. The summed E-state index contributed by atoms with van der Waals surface area (Å²) in [5.41, 5.74) is 1.36. The molecule has 0 spiro atoms. The van der Waals surface area contributed by atoms with Gasteiger partial charge in [0.25, 0.3) is 0 Å². The molecule has 0 aromatic heterocycles. The molecule has 0 aromatic rings. The van der Waals surface area contributed by atoms with Crippen molar-refractivity contribution in [3.8, 4) is 0 Å². The van der Waals surface area contributed by atoms with E-state index in [1.165, 1.54) is 44.9 Å². The quantitative estimate of drug-likeness (QED) is 0.554. The van der Waals surface area contributed by atoms with E-state index in [2.05, 4.69) is 27.7 Å². The van der Waals surface area contributed by atoms with E-state index < -0.39 is 0 Å². The zero-order chi connectivity index (χ0) is 11.9. The highest BCUT2D eigenvalue weighted by atomic mass is 14.4. The van der Waals surface area contributed by atoms with Crippen molar-refractivity contribution in [2.45, 2.75) is 86.5 Å². The fraction of sp³-hybridized carbons (Fsp3) is 1.00. The second-order valence-electron chi connectivity index (χ2n) is 5.77. The maximum atomic E-state index is 2.43. The van der Waals surface area contributed by atoms with Gasteiger partial charge in [-0.15, -0.1) is 0 Å². The van der Waals surface area contributed by atoms with Crippen molar-refractivity contribution in [3.05, 3.63) is 0 Å². The minimum absolute atomic E-state index is 0.631. The average molecular weight is 212 g/mol. The molecule has 1 fully saturated rings. The van der Waals surface area contributed by atoms with Gasteiger partial charge in [-0.1, -0.05) is 54.4 Å². The van der Waals surface area contributed by atoms with Crippen molar-refractivity contribution in [2.24, 2.45) is 10.8 Å². The summed E-state index contributed by atoms with van der Waals surface area (Å²) in [5, 5.41) is 0. The van der Waals surface area contributed by atoms with Crippen molar-refractivity contribution < 1.29 is 0 Å². The SMILES string of the molecule is CC.CCCC1(CC)CCC(C)(C)CC1. The molecule has 0 amide bonds. The normalized spacial score (nSPS) is 22.8. The Morgan fingerprint density at radius 2 is 1.33 bits per heavy atom. The fourth-order valence-electron chi connectivity index (χ4n) is 2.77. The Morgan fingerprint density at radius 1 is 0.867 bits per heavy atom. The van der Waals surface area contributed by atoms with Gasteiger partial charge >= 0.3 is 0 Å². The maximum absolute atomic E-state index is 2.43. The van der Waals surface area contributed by atoms with Crippen LogP contribution in [0.25, 0.3) is 0 Å². The van der Waals surface area contributed by atoms with Crippen LogP contribution < -0.4 is 0 Å². The predicted molar refractivity (Wildman–Crippen MR) is 71.2 cm³/mol. The summed E-state index contributed by atoms with van der Waals surface area (Å²) >= 11 is 0. The van der Waals surface area contributed by atoms with Crippen LogP contribution >= 0.6 is 0 Å². The fourth-order valence-corrected chi connectivity index (χ4v) is 2.77. The Hall–Kier alpha value is 0. The highest BCUT2D eigenvalue weighted by molar-refractivity contribution is 4.87. The van der Waals surface area contributed by atoms with Gasteiger partial charge in [-0.3, -0.25) is 0 Å². The second-order valence-corrected chi connectivity index (χ2v) is 5.77. The van der Waals surface area contributed by atoms with Crippen LogP contribution in [-0.2, 0) is 0 Å². The van der Waals surface area contributed by atoms with E-state index >= 15 is 0 Å². The summed E-state index contributed by atoms with van der Waals surface area (Å²) in [6.07, 6.45) is 10.1. The average Bonchev–Trinajstić information content (AvgIpc) is 2.25. The molecule has 0 heterocycles. The predicted octanol–water partition coefficient (Wildman–Crippen LogP) is 5.81. The lowest BCUT2D eigenvalue weighted by Crippen LogP contribution is -2.30. The molecule has 0 N–H and O–H groups in total. The molecule has 15 heavy (non-hydrogen) atoms. The smallest absolute Gasteiger partial charge is 0.0300 e. The molecule has 0 radical (unpaired) electrons. The minimum atomic E-state index is 0.631. The van der Waals surface area contributed by atoms with E-state index in [1.807, 2.05) is 13.8 Å². The zero-order valence-electron chi connectivity index (χ0n) is 11.9. The van der Waals surface area contributed by atoms with E-state index in [-0.39, 0.29) is 0 Å². The first-order valence-electron chi connectivity index (χ1n) is 7.04. The molecule has 92 valence electrons. The molecule has 0 atom stereocenters. The molecule has 0 aromatic carbocycles. The molecule has 0 aliphatic heterocycles. The van der Waals surface area contributed by atoms with E-state index in [1.54, 1.807) is 0 Å². The van der Waals surface area contributed by atoms with E-state index in [4.69, 9.17) is 0 Å². The lowest BCUT2D eigenvalue weighted by atomic mass is 9.62. The number of hydrogen-bond acceptors (Lipinski definition) is 0. The Morgan fingerprint density at radius 3 is 1.67 bits per heavy atom.